The van der Waals surface area contributed by atoms with Gasteiger partial charge in [-0.25, -0.2) is 0 Å². The van der Waals surface area contributed by atoms with E-state index in [1.807, 2.05) is 0 Å². The second kappa shape index (κ2) is 3.55. The fourth-order valence-electron chi connectivity index (χ4n) is 0.718. The molecule has 0 saturated carbocycles. The Morgan fingerprint density at radius 3 is 2.36 bits per heavy atom. The maximum absolute atomic E-state index is 9.18. The Morgan fingerprint density at radius 1 is 1.18 bits per heavy atom. The molecule has 0 aliphatic rings. The number of rotatable bonds is 2. The van der Waals surface area contributed by atoms with E-state index in [1.165, 1.54) is 6.07 Å². The number of nitrogens with one attached hydrogen (secondary N) is 2. The van der Waals surface area contributed by atoms with E-state index in [2.05, 4.69) is 9.67 Å². The fourth-order valence-corrected chi connectivity index (χ4v) is 1.07. The van der Waals surface area contributed by atoms with Gasteiger partial charge in [0.1, 0.15) is 11.4 Å². The summed E-state index contributed by atoms with van der Waals surface area (Å²) in [6, 6.07) is 4.83. The minimum absolute atomic E-state index is 0.0469. The minimum atomic E-state index is 0.0469. The van der Waals surface area contributed by atoms with Crippen molar-refractivity contribution in [3.05, 3.63) is 18.2 Å². The van der Waals surface area contributed by atoms with Gasteiger partial charge in [0.2, 0.25) is 0 Å². The Morgan fingerprint density at radius 2 is 1.91 bits per heavy atom. The molecular formula is C6H6Cl2N2O. The van der Waals surface area contributed by atoms with Crippen LogP contribution in [0.2, 0.25) is 0 Å². The van der Waals surface area contributed by atoms with Crippen LogP contribution in [0, 0.1) is 0 Å². The summed E-state index contributed by atoms with van der Waals surface area (Å²) < 4.78 is 0. The van der Waals surface area contributed by atoms with Crippen LogP contribution in [-0.4, -0.2) is 5.11 Å². The third-order valence-corrected chi connectivity index (χ3v) is 1.63. The van der Waals surface area contributed by atoms with Crippen molar-refractivity contribution < 1.29 is 5.11 Å². The average molecular weight is 193 g/mol. The molecule has 0 heterocycles. The highest BCUT2D eigenvalue weighted by Crippen LogP contribution is 2.32. The van der Waals surface area contributed by atoms with Crippen molar-refractivity contribution in [2.24, 2.45) is 0 Å². The second-order valence-corrected chi connectivity index (χ2v) is 2.27. The highest BCUT2D eigenvalue weighted by atomic mass is 35.5. The van der Waals surface area contributed by atoms with E-state index in [0.717, 1.165) is 0 Å². The van der Waals surface area contributed by atoms with Gasteiger partial charge in [0, 0.05) is 23.6 Å². The molecule has 1 rings (SSSR count). The van der Waals surface area contributed by atoms with Gasteiger partial charge in [-0.05, 0) is 12.1 Å². The first-order chi connectivity index (χ1) is 5.29. The average Bonchev–Trinajstić information content (AvgIpc) is 2.04. The number of aromatic hydroxyl groups is 1. The van der Waals surface area contributed by atoms with E-state index in [0.29, 0.717) is 11.4 Å². The molecule has 0 fully saturated rings. The number of hydrogen-bond donors (Lipinski definition) is 3. The van der Waals surface area contributed by atoms with Crippen molar-refractivity contribution in [2.45, 2.75) is 0 Å². The molecule has 1 aromatic carbocycles. The number of benzene rings is 1. The number of phenolic OH excluding ortho intramolecular Hbond substituents is 1. The van der Waals surface area contributed by atoms with E-state index in [1.54, 1.807) is 12.1 Å². The molecule has 0 amide bonds. The van der Waals surface area contributed by atoms with Crippen molar-refractivity contribution in [1.82, 2.24) is 0 Å². The van der Waals surface area contributed by atoms with Crippen molar-refractivity contribution in [2.75, 3.05) is 9.67 Å². The molecule has 60 valence electrons. The Balaban J connectivity index is 3.13. The number of phenols is 1. The van der Waals surface area contributed by atoms with Gasteiger partial charge in [-0.2, -0.15) is 0 Å². The van der Waals surface area contributed by atoms with Crippen LogP contribution in [0.25, 0.3) is 0 Å². The fraction of sp³-hybridized carbons (Fsp3) is 0. The molecular weight excluding hydrogens is 187 g/mol. The molecule has 1 aromatic rings. The van der Waals surface area contributed by atoms with Crippen molar-refractivity contribution in [1.29, 1.82) is 0 Å². The first-order valence-corrected chi connectivity index (χ1v) is 3.60. The Kier molecular flexibility index (Phi) is 2.68. The van der Waals surface area contributed by atoms with Gasteiger partial charge in [0.25, 0.3) is 0 Å². The lowest BCUT2D eigenvalue weighted by molar-refractivity contribution is 0.478. The molecule has 0 unspecified atom stereocenters. The summed E-state index contributed by atoms with van der Waals surface area (Å²) in [4.78, 5) is 4.64. The van der Waals surface area contributed by atoms with Gasteiger partial charge in [-0.15, -0.1) is 0 Å². The van der Waals surface area contributed by atoms with Crippen molar-refractivity contribution in [3.8, 4) is 5.75 Å². The first-order valence-electron chi connectivity index (χ1n) is 2.85. The zero-order valence-electron chi connectivity index (χ0n) is 5.44. The summed E-state index contributed by atoms with van der Waals surface area (Å²) >= 11 is 10.6. The van der Waals surface area contributed by atoms with Gasteiger partial charge < -0.3 is 5.11 Å². The predicted octanol–water partition coefficient (Wildman–Crippen LogP) is 2.52. The lowest BCUT2D eigenvalue weighted by atomic mass is 10.2. The van der Waals surface area contributed by atoms with Crippen molar-refractivity contribution in [3.63, 3.8) is 0 Å². The highest BCUT2D eigenvalue weighted by Gasteiger charge is 2.03. The molecule has 5 heteroatoms. The molecule has 3 N–H and O–H groups in total. The topological polar surface area (TPSA) is 44.3 Å². The number of para-hydroxylation sites is 1. The van der Waals surface area contributed by atoms with Gasteiger partial charge in [-0.3, -0.25) is 9.67 Å². The normalized spacial score (nSPS) is 9.27. The lowest BCUT2D eigenvalue weighted by Crippen LogP contribution is -1.88. The van der Waals surface area contributed by atoms with Crippen LogP contribution in [0.3, 0.4) is 0 Å². The summed E-state index contributed by atoms with van der Waals surface area (Å²) in [6.07, 6.45) is 0. The maximum Gasteiger partial charge on any atom is 0.142 e. The standard InChI is InChI=1S/C6H6Cl2N2O/c7-9-4-2-1-3-5(11)6(4)10-8/h1-3,9-11H. The molecule has 3 nitrogen and oxygen atoms in total. The molecule has 0 spiro atoms. The van der Waals surface area contributed by atoms with Crippen LogP contribution in [0.4, 0.5) is 11.4 Å². The van der Waals surface area contributed by atoms with Gasteiger partial charge in [0.05, 0.1) is 5.69 Å². The van der Waals surface area contributed by atoms with Crippen LogP contribution in [0.5, 0.6) is 5.75 Å². The van der Waals surface area contributed by atoms with Gasteiger partial charge in [-0.1, -0.05) is 6.07 Å². The van der Waals surface area contributed by atoms with E-state index in [4.69, 9.17) is 23.6 Å². The third-order valence-electron chi connectivity index (χ3n) is 1.24. The largest absolute Gasteiger partial charge is 0.506 e. The van der Waals surface area contributed by atoms with Crippen LogP contribution in [-0.2, 0) is 0 Å². The van der Waals surface area contributed by atoms with E-state index < -0.39 is 0 Å². The zero-order valence-corrected chi connectivity index (χ0v) is 6.95. The monoisotopic (exact) mass is 192 g/mol. The zero-order chi connectivity index (χ0) is 8.27. The predicted molar refractivity (Wildman–Crippen MR) is 47.1 cm³/mol. The first kappa shape index (κ1) is 8.30. The second-order valence-electron chi connectivity index (χ2n) is 1.89. The molecule has 0 bridgehead atoms. The van der Waals surface area contributed by atoms with Crippen LogP contribution < -0.4 is 9.67 Å². The maximum atomic E-state index is 9.18. The quantitative estimate of drug-likeness (QED) is 0.499. The summed E-state index contributed by atoms with van der Waals surface area (Å²) in [5, 5.41) is 9.18. The number of halogens is 2. The number of hydrogen-bond acceptors (Lipinski definition) is 3. The smallest absolute Gasteiger partial charge is 0.142 e. The summed E-state index contributed by atoms with van der Waals surface area (Å²) in [6.45, 7) is 0. The van der Waals surface area contributed by atoms with Crippen molar-refractivity contribution >= 4 is 34.9 Å². The molecule has 0 saturated heterocycles. The lowest BCUT2D eigenvalue weighted by Gasteiger charge is -2.06. The minimum Gasteiger partial charge on any atom is -0.506 e. The Hall–Kier alpha value is -0.800. The number of anilines is 2. The van der Waals surface area contributed by atoms with Gasteiger partial charge in [0.15, 0.2) is 0 Å². The summed E-state index contributed by atoms with van der Waals surface area (Å²) in [7, 11) is 0. The Labute approximate surface area is 74.2 Å². The van der Waals surface area contributed by atoms with Gasteiger partial charge >= 0.3 is 0 Å². The van der Waals surface area contributed by atoms with E-state index in [-0.39, 0.29) is 5.75 Å². The molecule has 0 radical (unpaired) electrons. The van der Waals surface area contributed by atoms with Crippen LogP contribution in [0.1, 0.15) is 0 Å². The SMILES string of the molecule is Oc1cccc(NCl)c1NCl. The molecule has 0 aliphatic heterocycles. The van der Waals surface area contributed by atoms with E-state index >= 15 is 0 Å². The Bertz CT molecular complexity index is 254. The summed E-state index contributed by atoms with van der Waals surface area (Å²) in [5.41, 5.74) is 0.894. The summed E-state index contributed by atoms with van der Waals surface area (Å²) in [5.74, 6) is 0.0469. The molecule has 11 heavy (non-hydrogen) atoms. The van der Waals surface area contributed by atoms with Crippen LogP contribution >= 0.6 is 23.6 Å². The third kappa shape index (κ3) is 1.61. The van der Waals surface area contributed by atoms with Crippen LogP contribution in [0.15, 0.2) is 18.2 Å². The molecule has 0 aliphatic carbocycles. The highest BCUT2D eigenvalue weighted by molar-refractivity contribution is 6.28. The molecule has 0 atom stereocenters. The van der Waals surface area contributed by atoms with E-state index in [9.17, 15) is 5.11 Å². The molecule has 0 aromatic heterocycles.